The molecular weight excluding hydrogens is 274 g/mol. The molecule has 5 nitrogen and oxygen atoms in total. The van der Waals surface area contributed by atoms with Crippen LogP contribution in [-0.4, -0.2) is 34.0 Å². The summed E-state index contributed by atoms with van der Waals surface area (Å²) in [5, 5.41) is 3.30. The number of carbonyl (C=O) groups excluding carboxylic acids is 2. The average molecular weight is 288 g/mol. The lowest BCUT2D eigenvalue weighted by molar-refractivity contribution is -0.119. The van der Waals surface area contributed by atoms with E-state index in [1.54, 1.807) is 6.92 Å². The Morgan fingerprint density at radius 1 is 1.50 bits per heavy atom. The van der Waals surface area contributed by atoms with Crippen LogP contribution in [0.15, 0.2) is 5.03 Å². The lowest BCUT2D eigenvalue weighted by Gasteiger charge is -2.09. The van der Waals surface area contributed by atoms with Crippen LogP contribution in [0.4, 0.5) is 0 Å². The predicted molar refractivity (Wildman–Crippen MR) is 71.2 cm³/mol. The number of nitrogens with one attached hydrogen (secondary N) is 1. The summed E-state index contributed by atoms with van der Waals surface area (Å²) >= 11 is 7.01. The minimum atomic E-state index is -0.112. The van der Waals surface area contributed by atoms with Crippen LogP contribution in [0.2, 0.25) is 5.15 Å². The van der Waals surface area contributed by atoms with Crippen molar-refractivity contribution in [1.29, 1.82) is 0 Å². The second-order valence-electron chi connectivity index (χ2n) is 3.91. The highest BCUT2D eigenvalue weighted by molar-refractivity contribution is 8.00. The first-order chi connectivity index (χ1) is 8.43. The first-order valence-electron chi connectivity index (χ1n) is 5.35. The summed E-state index contributed by atoms with van der Waals surface area (Å²) in [5.74, 6) is 0.544. The summed E-state index contributed by atoms with van der Waals surface area (Å²) in [7, 11) is 0. The van der Waals surface area contributed by atoms with E-state index in [-0.39, 0.29) is 28.4 Å². The largest absolute Gasteiger partial charge is 0.353 e. The van der Waals surface area contributed by atoms with E-state index in [0.717, 1.165) is 0 Å². The molecule has 7 heteroatoms. The fourth-order valence-corrected chi connectivity index (χ4v) is 2.39. The Kier molecular flexibility index (Phi) is 5.55. The van der Waals surface area contributed by atoms with Crippen molar-refractivity contribution in [3.05, 3.63) is 16.5 Å². The van der Waals surface area contributed by atoms with Crippen molar-refractivity contribution < 1.29 is 9.59 Å². The smallest absolute Gasteiger partial charge is 0.230 e. The molecule has 0 fully saturated rings. The molecule has 0 aliphatic rings. The Morgan fingerprint density at radius 3 is 2.72 bits per heavy atom. The molecule has 1 aromatic heterocycles. The number of aryl methyl sites for hydroxylation is 1. The van der Waals surface area contributed by atoms with Crippen LogP contribution >= 0.6 is 23.4 Å². The van der Waals surface area contributed by atoms with E-state index in [2.05, 4.69) is 15.3 Å². The van der Waals surface area contributed by atoms with Gasteiger partial charge in [-0.2, -0.15) is 0 Å². The zero-order valence-corrected chi connectivity index (χ0v) is 11.9. The van der Waals surface area contributed by atoms with Gasteiger partial charge in [0.25, 0.3) is 0 Å². The lowest BCUT2D eigenvalue weighted by atomic mass is 10.4. The zero-order chi connectivity index (χ0) is 13.7. The van der Waals surface area contributed by atoms with Crippen molar-refractivity contribution >= 4 is 35.6 Å². The Hall–Kier alpha value is -1.14. The van der Waals surface area contributed by atoms with Crippen LogP contribution in [-0.2, 0) is 4.79 Å². The molecule has 1 rings (SSSR count). The van der Waals surface area contributed by atoms with E-state index < -0.39 is 0 Å². The molecule has 98 valence electrons. The van der Waals surface area contributed by atoms with Gasteiger partial charge >= 0.3 is 0 Å². The number of halogens is 1. The van der Waals surface area contributed by atoms with Crippen molar-refractivity contribution in [3.63, 3.8) is 0 Å². The summed E-state index contributed by atoms with van der Waals surface area (Å²) in [4.78, 5) is 30.4. The molecule has 0 aliphatic carbocycles. The number of aldehydes is 1. The number of thioether (sulfide) groups is 1. The molecule has 18 heavy (non-hydrogen) atoms. The summed E-state index contributed by atoms with van der Waals surface area (Å²) in [6.45, 7) is 5.44. The Morgan fingerprint density at radius 2 is 2.17 bits per heavy atom. The molecular formula is C11H14ClN3O2S. The molecule has 1 heterocycles. The number of hydrogen-bond donors (Lipinski definition) is 1. The normalized spacial score (nSPS) is 10.5. The summed E-state index contributed by atoms with van der Waals surface area (Å²) in [6.07, 6.45) is 0.602. The molecule has 1 amide bonds. The topological polar surface area (TPSA) is 72.0 Å². The molecule has 0 saturated carbocycles. The summed E-state index contributed by atoms with van der Waals surface area (Å²) in [6, 6.07) is 0.0827. The number of amides is 1. The Balaban J connectivity index is 2.78. The lowest BCUT2D eigenvalue weighted by Crippen LogP contribution is -2.31. The number of aromatic nitrogens is 2. The average Bonchev–Trinajstić information content (AvgIpc) is 2.24. The van der Waals surface area contributed by atoms with Gasteiger partial charge in [0.15, 0.2) is 6.29 Å². The number of carbonyl (C=O) groups is 2. The third-order valence-corrected chi connectivity index (χ3v) is 3.16. The van der Waals surface area contributed by atoms with Crippen LogP contribution in [0.5, 0.6) is 0 Å². The van der Waals surface area contributed by atoms with E-state index >= 15 is 0 Å². The minimum absolute atomic E-state index is 0.0827. The molecule has 0 bridgehead atoms. The van der Waals surface area contributed by atoms with E-state index in [9.17, 15) is 9.59 Å². The van der Waals surface area contributed by atoms with Gasteiger partial charge in [0.05, 0.1) is 11.3 Å². The van der Waals surface area contributed by atoms with Crippen LogP contribution in [0.1, 0.15) is 30.0 Å². The Bertz CT molecular complexity index is 466. The van der Waals surface area contributed by atoms with Gasteiger partial charge in [-0.1, -0.05) is 23.4 Å². The first-order valence-corrected chi connectivity index (χ1v) is 6.72. The van der Waals surface area contributed by atoms with E-state index in [4.69, 9.17) is 11.6 Å². The van der Waals surface area contributed by atoms with Crippen molar-refractivity contribution in [2.24, 2.45) is 0 Å². The fraction of sp³-hybridized carbons (Fsp3) is 0.455. The van der Waals surface area contributed by atoms with Gasteiger partial charge in [-0.05, 0) is 20.8 Å². The maximum Gasteiger partial charge on any atom is 0.230 e. The molecule has 0 aliphatic heterocycles. The van der Waals surface area contributed by atoms with Crippen LogP contribution in [0.3, 0.4) is 0 Å². The molecule has 0 radical (unpaired) electrons. The Labute approximate surface area is 115 Å². The first kappa shape index (κ1) is 14.9. The minimum Gasteiger partial charge on any atom is -0.353 e. The van der Waals surface area contributed by atoms with Gasteiger partial charge in [-0.15, -0.1) is 0 Å². The van der Waals surface area contributed by atoms with Gasteiger partial charge < -0.3 is 5.32 Å². The van der Waals surface area contributed by atoms with Crippen molar-refractivity contribution in [1.82, 2.24) is 15.3 Å². The zero-order valence-electron chi connectivity index (χ0n) is 10.4. The summed E-state index contributed by atoms with van der Waals surface area (Å²) < 4.78 is 0. The fourth-order valence-electron chi connectivity index (χ4n) is 1.23. The predicted octanol–water partition coefficient (Wildman–Crippen LogP) is 1.87. The van der Waals surface area contributed by atoms with Crippen LogP contribution < -0.4 is 5.32 Å². The molecule has 0 aromatic carbocycles. The van der Waals surface area contributed by atoms with E-state index in [1.165, 1.54) is 11.8 Å². The molecule has 1 aromatic rings. The van der Waals surface area contributed by atoms with Gasteiger partial charge in [0.2, 0.25) is 5.91 Å². The van der Waals surface area contributed by atoms with Crippen molar-refractivity contribution in [3.8, 4) is 0 Å². The SMILES string of the molecule is Cc1nc(Cl)c(C=O)c(SCC(=O)NC(C)C)n1. The second-order valence-corrected chi connectivity index (χ2v) is 5.23. The monoisotopic (exact) mass is 287 g/mol. The van der Waals surface area contributed by atoms with Gasteiger partial charge in [-0.3, -0.25) is 9.59 Å². The highest BCUT2D eigenvalue weighted by atomic mass is 35.5. The third-order valence-electron chi connectivity index (χ3n) is 1.88. The van der Waals surface area contributed by atoms with Crippen LogP contribution in [0.25, 0.3) is 0 Å². The highest BCUT2D eigenvalue weighted by Crippen LogP contribution is 2.24. The van der Waals surface area contributed by atoms with Crippen LogP contribution in [0, 0.1) is 6.92 Å². The van der Waals surface area contributed by atoms with E-state index in [1.807, 2.05) is 13.8 Å². The molecule has 0 spiro atoms. The van der Waals surface area contributed by atoms with Crippen molar-refractivity contribution in [2.75, 3.05) is 5.75 Å². The summed E-state index contributed by atoms with van der Waals surface area (Å²) in [5.41, 5.74) is 0.226. The number of nitrogens with zero attached hydrogens (tertiary/aromatic N) is 2. The van der Waals surface area contributed by atoms with Gasteiger partial charge in [-0.25, -0.2) is 9.97 Å². The van der Waals surface area contributed by atoms with E-state index in [0.29, 0.717) is 17.1 Å². The molecule has 0 saturated heterocycles. The number of hydrogen-bond acceptors (Lipinski definition) is 5. The molecule has 1 N–H and O–H groups in total. The maximum absolute atomic E-state index is 11.5. The third kappa shape index (κ3) is 4.27. The van der Waals surface area contributed by atoms with Gasteiger partial charge in [0, 0.05) is 6.04 Å². The molecule has 0 unspecified atom stereocenters. The van der Waals surface area contributed by atoms with Gasteiger partial charge in [0.1, 0.15) is 16.0 Å². The number of rotatable bonds is 5. The van der Waals surface area contributed by atoms with Crippen molar-refractivity contribution in [2.45, 2.75) is 31.8 Å². The maximum atomic E-state index is 11.5. The quantitative estimate of drug-likeness (QED) is 0.508. The second kappa shape index (κ2) is 6.70. The standard InChI is InChI=1S/C11H14ClN3O2S/c1-6(2)13-9(17)5-18-11-8(4-16)10(12)14-7(3)15-11/h4,6H,5H2,1-3H3,(H,13,17). The molecule has 0 atom stereocenters. The highest BCUT2D eigenvalue weighted by Gasteiger charge is 2.13.